The number of esters is 1. The molecule has 3 nitrogen and oxygen atoms in total. The van der Waals surface area contributed by atoms with Crippen molar-refractivity contribution in [1.29, 1.82) is 0 Å². The summed E-state index contributed by atoms with van der Waals surface area (Å²) in [4.78, 5) is 14.3. The lowest BCUT2D eigenvalue weighted by Crippen LogP contribution is -2.15. The number of methoxy groups -OCH3 is 1. The molecule has 0 aliphatic heterocycles. The highest BCUT2D eigenvalue weighted by molar-refractivity contribution is 7.15. The molecule has 5 rings (SSSR count). The van der Waals surface area contributed by atoms with E-state index in [0.29, 0.717) is 12.8 Å². The molecular formula is C35H39NO2S. The molecular weight excluding hydrogens is 498 g/mol. The predicted octanol–water partition coefficient (Wildman–Crippen LogP) is 9.69. The number of rotatable bonds is 11. The summed E-state index contributed by atoms with van der Waals surface area (Å²) in [5, 5.41) is 3.58. The van der Waals surface area contributed by atoms with Crippen molar-refractivity contribution >= 4 is 28.7 Å². The zero-order chi connectivity index (χ0) is 27.4. The minimum atomic E-state index is -0.177. The van der Waals surface area contributed by atoms with Gasteiger partial charge in [0.25, 0.3) is 0 Å². The Morgan fingerprint density at radius 1 is 0.821 bits per heavy atom. The lowest BCUT2D eigenvalue weighted by atomic mass is 9.82. The normalized spacial score (nSPS) is 13.1. The van der Waals surface area contributed by atoms with Gasteiger partial charge in [0.15, 0.2) is 0 Å². The van der Waals surface area contributed by atoms with Crippen LogP contribution in [0.5, 0.6) is 0 Å². The Hall–Kier alpha value is -3.37. The van der Waals surface area contributed by atoms with E-state index in [0.717, 1.165) is 16.9 Å². The molecule has 0 radical (unpaired) electrons. The van der Waals surface area contributed by atoms with Crippen molar-refractivity contribution in [3.63, 3.8) is 0 Å². The van der Waals surface area contributed by atoms with E-state index in [1.54, 1.807) is 0 Å². The van der Waals surface area contributed by atoms with Crippen molar-refractivity contribution in [1.82, 2.24) is 0 Å². The molecule has 0 bridgehead atoms. The van der Waals surface area contributed by atoms with Crippen LogP contribution in [0.15, 0.2) is 72.8 Å². The maximum atomic E-state index is 11.4. The summed E-state index contributed by atoms with van der Waals surface area (Å²) < 4.78 is 4.75. The zero-order valence-corrected chi connectivity index (χ0v) is 24.4. The molecule has 1 heterocycles. The fraction of sp³-hybridized carbons (Fsp3) is 0.343. The monoisotopic (exact) mass is 537 g/mol. The largest absolute Gasteiger partial charge is 0.469 e. The molecule has 1 aliphatic rings. The van der Waals surface area contributed by atoms with Gasteiger partial charge in [-0.1, -0.05) is 70.4 Å². The lowest BCUT2D eigenvalue weighted by Gasteiger charge is -2.22. The Bertz CT molecular complexity index is 1450. The van der Waals surface area contributed by atoms with Crippen LogP contribution in [0.4, 0.5) is 11.4 Å². The number of nitrogens with one attached hydrogen (secondary N) is 1. The van der Waals surface area contributed by atoms with Crippen molar-refractivity contribution in [3.05, 3.63) is 94.4 Å². The molecule has 3 aromatic carbocycles. The second-order valence-corrected chi connectivity index (χ2v) is 12.3. The van der Waals surface area contributed by atoms with Crippen LogP contribution in [0, 0.1) is 0 Å². The first-order valence-corrected chi connectivity index (χ1v) is 15.0. The number of anilines is 2. The van der Waals surface area contributed by atoms with Crippen LogP contribution in [-0.4, -0.2) is 13.1 Å². The summed E-state index contributed by atoms with van der Waals surface area (Å²) in [6.45, 7) is 6.95. The number of hydrogen-bond donors (Lipinski definition) is 1. The molecule has 0 amide bonds. The number of hydrogen-bond acceptors (Lipinski definition) is 4. The zero-order valence-electron chi connectivity index (χ0n) is 23.6. The Labute approximate surface area is 237 Å². The highest BCUT2D eigenvalue weighted by Gasteiger charge is 2.35. The first kappa shape index (κ1) is 27.2. The van der Waals surface area contributed by atoms with Crippen molar-refractivity contribution in [2.24, 2.45) is 0 Å². The Morgan fingerprint density at radius 2 is 1.54 bits per heavy atom. The average molecular weight is 538 g/mol. The summed E-state index contributed by atoms with van der Waals surface area (Å²) in [6.07, 6.45) is 7.52. The topological polar surface area (TPSA) is 38.3 Å². The fourth-order valence-corrected chi connectivity index (χ4v) is 6.68. The van der Waals surface area contributed by atoms with Gasteiger partial charge in [-0.2, -0.15) is 0 Å². The smallest absolute Gasteiger partial charge is 0.305 e. The Balaban J connectivity index is 1.31. The van der Waals surface area contributed by atoms with Gasteiger partial charge < -0.3 is 10.1 Å². The van der Waals surface area contributed by atoms with E-state index in [2.05, 4.69) is 98.9 Å². The second kappa shape index (κ2) is 11.8. The number of thiophene rings is 1. The number of fused-ring (bicyclic) bond motifs is 3. The summed E-state index contributed by atoms with van der Waals surface area (Å²) in [5.74, 6) is -0.177. The first-order valence-electron chi connectivity index (χ1n) is 14.2. The van der Waals surface area contributed by atoms with Crippen molar-refractivity contribution in [2.75, 3.05) is 12.4 Å². The van der Waals surface area contributed by atoms with E-state index in [1.807, 2.05) is 11.3 Å². The number of benzene rings is 3. The minimum Gasteiger partial charge on any atom is -0.469 e. The number of aryl methyl sites for hydroxylation is 2. The van der Waals surface area contributed by atoms with Gasteiger partial charge in [0, 0.05) is 33.0 Å². The molecule has 0 saturated carbocycles. The lowest BCUT2D eigenvalue weighted by molar-refractivity contribution is -0.140. The van der Waals surface area contributed by atoms with Gasteiger partial charge >= 0.3 is 5.97 Å². The van der Waals surface area contributed by atoms with Crippen LogP contribution in [-0.2, 0) is 27.8 Å². The SMILES string of the molecule is CCCCCCc1ccc(-c2ccc3c(c2)C(C)(C)c2cc(Nc4ccc(CCC(=O)OC)cc4)ccc2-3)s1. The fourth-order valence-electron chi connectivity index (χ4n) is 5.63. The van der Waals surface area contributed by atoms with Gasteiger partial charge in [-0.05, 0) is 95.1 Å². The molecule has 1 aliphatic carbocycles. The van der Waals surface area contributed by atoms with E-state index < -0.39 is 0 Å². The molecule has 39 heavy (non-hydrogen) atoms. The average Bonchev–Trinajstić information content (AvgIpc) is 3.51. The van der Waals surface area contributed by atoms with Gasteiger partial charge in [-0.15, -0.1) is 11.3 Å². The second-order valence-electron chi connectivity index (χ2n) is 11.1. The van der Waals surface area contributed by atoms with E-state index in [4.69, 9.17) is 4.74 Å². The van der Waals surface area contributed by atoms with Gasteiger partial charge in [0.1, 0.15) is 0 Å². The third kappa shape index (κ3) is 5.96. The minimum absolute atomic E-state index is 0.0731. The molecule has 0 unspecified atom stereocenters. The third-order valence-electron chi connectivity index (χ3n) is 7.99. The summed E-state index contributed by atoms with van der Waals surface area (Å²) in [6, 6.07) is 26.7. The highest BCUT2D eigenvalue weighted by atomic mass is 32.1. The molecule has 202 valence electrons. The maximum Gasteiger partial charge on any atom is 0.305 e. The van der Waals surface area contributed by atoms with Crippen LogP contribution in [0.1, 0.15) is 74.4 Å². The third-order valence-corrected chi connectivity index (χ3v) is 9.18. The van der Waals surface area contributed by atoms with Crippen LogP contribution in [0.2, 0.25) is 0 Å². The van der Waals surface area contributed by atoms with Crippen LogP contribution < -0.4 is 5.32 Å². The molecule has 4 aromatic rings. The van der Waals surface area contributed by atoms with E-state index in [9.17, 15) is 4.79 Å². The summed E-state index contributed by atoms with van der Waals surface area (Å²) in [7, 11) is 1.43. The molecule has 0 atom stereocenters. The number of unbranched alkanes of at least 4 members (excludes halogenated alkanes) is 3. The summed E-state index contributed by atoms with van der Waals surface area (Å²) in [5.41, 5.74) is 9.93. The van der Waals surface area contributed by atoms with E-state index in [-0.39, 0.29) is 11.4 Å². The van der Waals surface area contributed by atoms with Crippen molar-refractivity contribution < 1.29 is 9.53 Å². The number of carbonyl (C=O) groups excluding carboxylic acids is 1. The quantitative estimate of drug-likeness (QED) is 0.153. The van der Waals surface area contributed by atoms with E-state index in [1.165, 1.54) is 76.8 Å². The van der Waals surface area contributed by atoms with Crippen LogP contribution >= 0.6 is 11.3 Å². The van der Waals surface area contributed by atoms with Gasteiger partial charge in [0.2, 0.25) is 0 Å². The van der Waals surface area contributed by atoms with Gasteiger partial charge in [0.05, 0.1) is 7.11 Å². The maximum absolute atomic E-state index is 11.4. The van der Waals surface area contributed by atoms with Crippen molar-refractivity contribution in [3.8, 4) is 21.6 Å². The van der Waals surface area contributed by atoms with Crippen LogP contribution in [0.3, 0.4) is 0 Å². The number of ether oxygens (including phenoxy) is 1. The van der Waals surface area contributed by atoms with E-state index >= 15 is 0 Å². The Morgan fingerprint density at radius 3 is 2.28 bits per heavy atom. The number of carbonyl (C=O) groups is 1. The Kier molecular flexibility index (Phi) is 8.23. The molecule has 0 spiro atoms. The molecule has 1 aromatic heterocycles. The molecule has 4 heteroatoms. The van der Waals surface area contributed by atoms with Crippen LogP contribution in [0.25, 0.3) is 21.6 Å². The first-order chi connectivity index (χ1) is 18.9. The molecule has 1 N–H and O–H groups in total. The molecule has 0 saturated heterocycles. The van der Waals surface area contributed by atoms with Gasteiger partial charge in [-0.3, -0.25) is 4.79 Å². The molecule has 0 fully saturated rings. The van der Waals surface area contributed by atoms with Gasteiger partial charge in [-0.25, -0.2) is 0 Å². The standard InChI is InChI=1S/C35H39NO2S/c1-5-6-7-8-9-28-17-20-33(39-28)25-13-18-29-30-19-16-27(23-32(30)35(2,3)31(29)22-25)36-26-14-10-24(11-15-26)12-21-34(37)38-4/h10-11,13-20,22-23,36H,5-9,12,21H2,1-4H3. The predicted molar refractivity (Wildman–Crippen MR) is 165 cm³/mol. The van der Waals surface area contributed by atoms with Crippen molar-refractivity contribution in [2.45, 2.75) is 71.1 Å². The highest BCUT2D eigenvalue weighted by Crippen LogP contribution is 2.50. The summed E-state index contributed by atoms with van der Waals surface area (Å²) >= 11 is 1.95.